The molecule has 0 bridgehead atoms. The number of amides is 1. The third-order valence-corrected chi connectivity index (χ3v) is 2.84. The number of carbonyl (C=O) groups is 2. The largest absolute Gasteiger partial charge is 0.480 e. The van der Waals surface area contributed by atoms with Gasteiger partial charge in [-0.3, -0.25) is 4.79 Å². The van der Waals surface area contributed by atoms with Crippen LogP contribution in [0.4, 0.5) is 0 Å². The Morgan fingerprint density at radius 2 is 2.11 bits per heavy atom. The number of carboxylic acids is 1. The van der Waals surface area contributed by atoms with Crippen LogP contribution >= 0.6 is 15.9 Å². The topological polar surface area (TPSA) is 86.6 Å². The normalized spacial score (nSPS) is 11.9. The first-order valence-corrected chi connectivity index (χ1v) is 6.19. The number of aliphatic hydroxyl groups excluding tert-OH is 1. The van der Waals surface area contributed by atoms with E-state index in [1.807, 2.05) is 24.3 Å². The van der Waals surface area contributed by atoms with Gasteiger partial charge in [-0.1, -0.05) is 28.1 Å². The molecule has 1 aromatic rings. The van der Waals surface area contributed by atoms with Crippen LogP contribution in [0, 0.1) is 0 Å². The van der Waals surface area contributed by atoms with E-state index in [-0.39, 0.29) is 6.42 Å². The molecule has 98 valence electrons. The number of halogens is 1. The molecule has 0 heterocycles. The third kappa shape index (κ3) is 4.85. The summed E-state index contributed by atoms with van der Waals surface area (Å²) in [6.45, 7) is -0.613. The summed E-state index contributed by atoms with van der Waals surface area (Å²) in [6.07, 6.45) is 0.698. The molecule has 0 radical (unpaired) electrons. The fourth-order valence-electron chi connectivity index (χ4n) is 1.40. The van der Waals surface area contributed by atoms with Crippen LogP contribution in [-0.2, 0) is 16.0 Å². The van der Waals surface area contributed by atoms with Gasteiger partial charge in [0.05, 0.1) is 6.61 Å². The van der Waals surface area contributed by atoms with Gasteiger partial charge < -0.3 is 15.5 Å². The van der Waals surface area contributed by atoms with E-state index in [0.29, 0.717) is 6.42 Å². The van der Waals surface area contributed by atoms with E-state index < -0.39 is 24.5 Å². The molecule has 0 saturated carbocycles. The smallest absolute Gasteiger partial charge is 0.328 e. The van der Waals surface area contributed by atoms with Crippen molar-refractivity contribution in [2.75, 3.05) is 6.61 Å². The molecule has 1 atom stereocenters. The predicted molar refractivity (Wildman–Crippen MR) is 69.1 cm³/mol. The zero-order valence-corrected chi connectivity index (χ0v) is 11.2. The van der Waals surface area contributed by atoms with Crippen molar-refractivity contribution in [1.82, 2.24) is 5.32 Å². The average Bonchev–Trinajstić information content (AvgIpc) is 2.33. The van der Waals surface area contributed by atoms with Crippen LogP contribution in [0.1, 0.15) is 12.0 Å². The standard InChI is InChI=1S/C12H14BrNO4/c13-9-3-1-2-8(6-9)4-5-11(16)14-10(7-15)12(17)18/h1-3,6,10,15H,4-5,7H2,(H,14,16)(H,17,18)/t10-/m0/s1. The minimum Gasteiger partial charge on any atom is -0.480 e. The van der Waals surface area contributed by atoms with E-state index in [2.05, 4.69) is 21.2 Å². The second kappa shape index (κ2) is 7.13. The lowest BCUT2D eigenvalue weighted by Gasteiger charge is -2.11. The van der Waals surface area contributed by atoms with Crippen LogP contribution in [0.25, 0.3) is 0 Å². The van der Waals surface area contributed by atoms with E-state index in [1.165, 1.54) is 0 Å². The summed E-state index contributed by atoms with van der Waals surface area (Å²) in [5, 5.41) is 19.7. The van der Waals surface area contributed by atoms with E-state index in [0.717, 1.165) is 10.0 Å². The minimum absolute atomic E-state index is 0.181. The molecule has 1 aromatic carbocycles. The second-order valence-electron chi connectivity index (χ2n) is 3.77. The number of benzene rings is 1. The van der Waals surface area contributed by atoms with E-state index in [9.17, 15) is 9.59 Å². The van der Waals surface area contributed by atoms with Crippen molar-refractivity contribution in [3.8, 4) is 0 Å². The number of carboxylic acid groups (broad SMARTS) is 1. The average molecular weight is 316 g/mol. The summed E-state index contributed by atoms with van der Waals surface area (Å²) in [5.74, 6) is -1.63. The first kappa shape index (κ1) is 14.7. The lowest BCUT2D eigenvalue weighted by Crippen LogP contribution is -2.43. The number of rotatable bonds is 6. The summed E-state index contributed by atoms with van der Waals surface area (Å²) in [6, 6.07) is 6.30. The van der Waals surface area contributed by atoms with Crippen molar-refractivity contribution in [3.63, 3.8) is 0 Å². The molecule has 0 spiro atoms. The lowest BCUT2D eigenvalue weighted by atomic mass is 10.1. The zero-order valence-electron chi connectivity index (χ0n) is 9.60. The summed E-state index contributed by atoms with van der Waals surface area (Å²) in [7, 11) is 0. The number of aliphatic carboxylic acids is 1. The Kier molecular flexibility index (Phi) is 5.80. The maximum Gasteiger partial charge on any atom is 0.328 e. The highest BCUT2D eigenvalue weighted by Gasteiger charge is 2.18. The Balaban J connectivity index is 2.44. The highest BCUT2D eigenvalue weighted by atomic mass is 79.9. The molecule has 18 heavy (non-hydrogen) atoms. The molecule has 0 aromatic heterocycles. The summed E-state index contributed by atoms with van der Waals surface area (Å²) >= 11 is 3.33. The number of aliphatic hydroxyl groups is 1. The molecule has 1 amide bonds. The number of hydrogen-bond donors (Lipinski definition) is 3. The molecule has 5 nitrogen and oxygen atoms in total. The summed E-state index contributed by atoms with van der Waals surface area (Å²) in [5.41, 5.74) is 0.982. The lowest BCUT2D eigenvalue weighted by molar-refractivity contribution is -0.142. The van der Waals surface area contributed by atoms with Crippen LogP contribution in [0.5, 0.6) is 0 Å². The van der Waals surface area contributed by atoms with Crippen molar-refractivity contribution in [1.29, 1.82) is 0 Å². The van der Waals surface area contributed by atoms with Gasteiger partial charge in [0.2, 0.25) is 5.91 Å². The van der Waals surface area contributed by atoms with Gasteiger partial charge in [-0.25, -0.2) is 4.79 Å². The molecule has 0 unspecified atom stereocenters. The van der Waals surface area contributed by atoms with Crippen molar-refractivity contribution in [2.24, 2.45) is 0 Å². The Morgan fingerprint density at radius 1 is 1.39 bits per heavy atom. The van der Waals surface area contributed by atoms with Gasteiger partial charge in [0.15, 0.2) is 0 Å². The fourth-order valence-corrected chi connectivity index (χ4v) is 1.85. The quantitative estimate of drug-likeness (QED) is 0.729. The third-order valence-electron chi connectivity index (χ3n) is 2.35. The molecule has 0 aliphatic rings. The first-order valence-electron chi connectivity index (χ1n) is 5.40. The molecular weight excluding hydrogens is 302 g/mol. The Labute approximate surface area is 113 Å². The molecule has 0 fully saturated rings. The molecule has 3 N–H and O–H groups in total. The minimum atomic E-state index is -1.24. The van der Waals surface area contributed by atoms with Crippen LogP contribution in [-0.4, -0.2) is 34.7 Å². The molecule has 0 saturated heterocycles. The fraction of sp³-hybridized carbons (Fsp3) is 0.333. The van der Waals surface area contributed by atoms with Crippen molar-refractivity contribution < 1.29 is 19.8 Å². The molecule has 0 aliphatic heterocycles. The van der Waals surface area contributed by atoms with Crippen molar-refractivity contribution >= 4 is 27.8 Å². The maximum absolute atomic E-state index is 11.5. The monoisotopic (exact) mass is 315 g/mol. The maximum atomic E-state index is 11.5. The van der Waals surface area contributed by atoms with Gasteiger partial charge >= 0.3 is 5.97 Å². The molecular formula is C12H14BrNO4. The number of carbonyl (C=O) groups excluding carboxylic acids is 1. The van der Waals surface area contributed by atoms with Crippen molar-refractivity contribution in [2.45, 2.75) is 18.9 Å². The van der Waals surface area contributed by atoms with E-state index in [4.69, 9.17) is 10.2 Å². The zero-order chi connectivity index (χ0) is 13.5. The predicted octanol–water partition coefficient (Wildman–Crippen LogP) is 0.943. The Hall–Kier alpha value is -1.40. The van der Waals surface area contributed by atoms with Gasteiger partial charge in [0, 0.05) is 10.9 Å². The molecule has 0 aliphatic carbocycles. The summed E-state index contributed by atoms with van der Waals surface area (Å²) < 4.78 is 0.930. The molecule has 6 heteroatoms. The Morgan fingerprint density at radius 3 is 2.67 bits per heavy atom. The van der Waals surface area contributed by atoms with Gasteiger partial charge in [-0.2, -0.15) is 0 Å². The van der Waals surface area contributed by atoms with Crippen LogP contribution in [0.3, 0.4) is 0 Å². The summed E-state index contributed by atoms with van der Waals surface area (Å²) in [4.78, 5) is 22.1. The highest BCUT2D eigenvalue weighted by molar-refractivity contribution is 9.10. The van der Waals surface area contributed by atoms with Crippen LogP contribution < -0.4 is 5.32 Å². The van der Waals surface area contributed by atoms with Gasteiger partial charge in [0.25, 0.3) is 0 Å². The molecule has 1 rings (SSSR count). The number of nitrogens with one attached hydrogen (secondary N) is 1. The van der Waals surface area contributed by atoms with Gasteiger partial charge in [-0.15, -0.1) is 0 Å². The number of hydrogen-bond acceptors (Lipinski definition) is 3. The van der Waals surface area contributed by atoms with Crippen LogP contribution in [0.2, 0.25) is 0 Å². The van der Waals surface area contributed by atoms with E-state index >= 15 is 0 Å². The number of aryl methyl sites for hydroxylation is 1. The first-order chi connectivity index (χ1) is 8.52. The van der Waals surface area contributed by atoms with Gasteiger partial charge in [0.1, 0.15) is 6.04 Å². The van der Waals surface area contributed by atoms with Crippen molar-refractivity contribution in [3.05, 3.63) is 34.3 Å². The second-order valence-corrected chi connectivity index (χ2v) is 4.69. The van der Waals surface area contributed by atoms with Crippen LogP contribution in [0.15, 0.2) is 28.7 Å². The van der Waals surface area contributed by atoms with Gasteiger partial charge in [-0.05, 0) is 24.1 Å². The Bertz CT molecular complexity index is 436. The SMILES string of the molecule is O=C(CCc1cccc(Br)c1)N[C@@H](CO)C(=O)O. The highest BCUT2D eigenvalue weighted by Crippen LogP contribution is 2.12. The van der Waals surface area contributed by atoms with E-state index in [1.54, 1.807) is 0 Å².